The molecule has 0 radical (unpaired) electrons. The Balaban J connectivity index is 1.97. The summed E-state index contributed by atoms with van der Waals surface area (Å²) in [5.41, 5.74) is 3.43. The molecule has 116 valence electrons. The molecule has 0 bridgehead atoms. The molecule has 0 aliphatic rings. The molecule has 2 N–H and O–H groups in total. The van der Waals surface area contributed by atoms with Gasteiger partial charge in [0.25, 0.3) is 5.91 Å². The molecule has 0 heterocycles. The predicted molar refractivity (Wildman–Crippen MR) is 86.2 cm³/mol. The number of aryl methyl sites for hydroxylation is 2. The topological polar surface area (TPSA) is 58.6 Å². The Morgan fingerprint density at radius 3 is 2.27 bits per heavy atom. The third kappa shape index (κ3) is 4.09. The fourth-order valence-corrected chi connectivity index (χ4v) is 2.34. The van der Waals surface area contributed by atoms with Crippen molar-refractivity contribution in [3.05, 3.63) is 64.7 Å². The van der Waals surface area contributed by atoms with Gasteiger partial charge in [0.1, 0.15) is 5.75 Å². The monoisotopic (exact) mass is 299 g/mol. The Kier molecular flexibility index (Phi) is 5.17. The molecule has 0 aromatic heterocycles. The van der Waals surface area contributed by atoms with E-state index in [0.717, 1.165) is 22.4 Å². The molecule has 1 amide bonds. The van der Waals surface area contributed by atoms with Gasteiger partial charge in [-0.25, -0.2) is 0 Å². The summed E-state index contributed by atoms with van der Waals surface area (Å²) in [6, 6.07) is 12.8. The number of ether oxygens (including phenoxy) is 1. The van der Waals surface area contributed by atoms with Gasteiger partial charge in [-0.1, -0.05) is 29.3 Å². The van der Waals surface area contributed by atoms with Crippen molar-refractivity contribution in [1.29, 1.82) is 0 Å². The van der Waals surface area contributed by atoms with Gasteiger partial charge in [0, 0.05) is 12.1 Å². The number of carbonyl (C=O) groups is 1. The van der Waals surface area contributed by atoms with Crippen molar-refractivity contribution >= 4 is 5.91 Å². The van der Waals surface area contributed by atoms with Gasteiger partial charge in [-0.2, -0.15) is 0 Å². The Bertz CT molecular complexity index is 630. The van der Waals surface area contributed by atoms with E-state index in [1.165, 1.54) is 0 Å². The van der Waals surface area contributed by atoms with E-state index in [-0.39, 0.29) is 12.5 Å². The first-order valence-electron chi connectivity index (χ1n) is 7.18. The van der Waals surface area contributed by atoms with E-state index in [2.05, 4.69) is 5.32 Å². The van der Waals surface area contributed by atoms with Crippen molar-refractivity contribution in [1.82, 2.24) is 5.32 Å². The number of benzene rings is 2. The van der Waals surface area contributed by atoms with E-state index in [0.29, 0.717) is 5.56 Å². The number of hydrogen-bond donors (Lipinski definition) is 2. The quantitative estimate of drug-likeness (QED) is 0.892. The molecule has 0 spiro atoms. The van der Waals surface area contributed by atoms with Gasteiger partial charge >= 0.3 is 0 Å². The minimum Gasteiger partial charge on any atom is -0.497 e. The zero-order valence-electron chi connectivity index (χ0n) is 13.1. The second-order valence-electron chi connectivity index (χ2n) is 5.38. The van der Waals surface area contributed by atoms with Crippen LogP contribution in [0.15, 0.2) is 42.5 Å². The number of rotatable bonds is 5. The highest BCUT2D eigenvalue weighted by molar-refractivity contribution is 5.94. The van der Waals surface area contributed by atoms with E-state index in [1.54, 1.807) is 31.4 Å². The first kappa shape index (κ1) is 16.0. The maximum atomic E-state index is 12.1. The van der Waals surface area contributed by atoms with Crippen LogP contribution in [-0.4, -0.2) is 24.7 Å². The summed E-state index contributed by atoms with van der Waals surface area (Å²) in [6.07, 6.45) is -0.749. The van der Waals surface area contributed by atoms with Crippen molar-refractivity contribution < 1.29 is 14.6 Å². The molecule has 2 aromatic rings. The van der Waals surface area contributed by atoms with Crippen molar-refractivity contribution in [3.63, 3.8) is 0 Å². The normalized spacial score (nSPS) is 11.8. The van der Waals surface area contributed by atoms with Gasteiger partial charge in [0.05, 0.1) is 13.2 Å². The smallest absolute Gasteiger partial charge is 0.251 e. The summed E-state index contributed by atoms with van der Waals surface area (Å²) in [4.78, 5) is 12.1. The summed E-state index contributed by atoms with van der Waals surface area (Å²) < 4.78 is 5.08. The summed E-state index contributed by atoms with van der Waals surface area (Å²) in [6.45, 7) is 4.07. The first-order chi connectivity index (χ1) is 10.5. The molecule has 22 heavy (non-hydrogen) atoms. The van der Waals surface area contributed by atoms with Gasteiger partial charge in [-0.3, -0.25) is 4.79 Å². The molecule has 4 nitrogen and oxygen atoms in total. The van der Waals surface area contributed by atoms with E-state index in [1.807, 2.05) is 32.0 Å². The Labute approximate surface area is 130 Å². The average Bonchev–Trinajstić information content (AvgIpc) is 2.51. The van der Waals surface area contributed by atoms with E-state index < -0.39 is 6.10 Å². The van der Waals surface area contributed by atoms with Crippen LogP contribution < -0.4 is 10.1 Å². The van der Waals surface area contributed by atoms with Crippen molar-refractivity contribution in [3.8, 4) is 5.75 Å². The van der Waals surface area contributed by atoms with Crippen LogP contribution in [0.3, 0.4) is 0 Å². The largest absolute Gasteiger partial charge is 0.497 e. The number of nitrogens with one attached hydrogen (secondary N) is 1. The predicted octanol–water partition coefficient (Wildman–Crippen LogP) is 2.78. The van der Waals surface area contributed by atoms with Crippen LogP contribution in [0.5, 0.6) is 5.75 Å². The summed E-state index contributed by atoms with van der Waals surface area (Å²) >= 11 is 0. The maximum Gasteiger partial charge on any atom is 0.251 e. The highest BCUT2D eigenvalue weighted by Crippen LogP contribution is 2.17. The van der Waals surface area contributed by atoms with E-state index >= 15 is 0 Å². The van der Waals surface area contributed by atoms with Crippen LogP contribution >= 0.6 is 0 Å². The van der Waals surface area contributed by atoms with Crippen LogP contribution in [0, 0.1) is 13.8 Å². The number of methoxy groups -OCH3 is 1. The Morgan fingerprint density at radius 2 is 1.73 bits per heavy atom. The number of carbonyl (C=O) groups excluding carboxylic acids is 1. The lowest BCUT2D eigenvalue weighted by atomic mass is 10.1. The molecule has 4 heteroatoms. The lowest BCUT2D eigenvalue weighted by Gasteiger charge is -2.13. The number of aliphatic hydroxyl groups excluding tert-OH is 1. The second kappa shape index (κ2) is 7.09. The molecular formula is C18H21NO3. The average molecular weight is 299 g/mol. The van der Waals surface area contributed by atoms with Crippen LogP contribution in [0.1, 0.15) is 33.2 Å². The van der Waals surface area contributed by atoms with Gasteiger partial charge in [0.2, 0.25) is 0 Å². The molecule has 0 aliphatic heterocycles. The number of amides is 1. The summed E-state index contributed by atoms with van der Waals surface area (Å²) in [5.74, 6) is 0.551. The van der Waals surface area contributed by atoms with Crippen LogP contribution in [-0.2, 0) is 0 Å². The van der Waals surface area contributed by atoms with E-state index in [9.17, 15) is 9.90 Å². The number of aliphatic hydroxyl groups is 1. The van der Waals surface area contributed by atoms with Crippen LogP contribution in [0.25, 0.3) is 0 Å². The highest BCUT2D eigenvalue weighted by Gasteiger charge is 2.11. The molecule has 1 unspecified atom stereocenters. The minimum atomic E-state index is -0.749. The second-order valence-corrected chi connectivity index (χ2v) is 5.38. The molecule has 2 rings (SSSR count). The van der Waals surface area contributed by atoms with Crippen LogP contribution in [0.2, 0.25) is 0 Å². The molecular weight excluding hydrogens is 278 g/mol. The van der Waals surface area contributed by atoms with Crippen molar-refractivity contribution in [2.24, 2.45) is 0 Å². The molecule has 2 aromatic carbocycles. The third-order valence-corrected chi connectivity index (χ3v) is 3.44. The fraction of sp³-hybridized carbons (Fsp3) is 0.278. The molecule has 0 fully saturated rings. The number of hydrogen-bond acceptors (Lipinski definition) is 3. The zero-order chi connectivity index (χ0) is 16.1. The summed E-state index contributed by atoms with van der Waals surface area (Å²) in [5, 5.41) is 12.9. The van der Waals surface area contributed by atoms with Crippen molar-refractivity contribution in [2.75, 3.05) is 13.7 Å². The molecule has 0 saturated carbocycles. The maximum absolute atomic E-state index is 12.1. The first-order valence-corrected chi connectivity index (χ1v) is 7.18. The standard InChI is InChI=1S/C18H21NO3/c1-12-8-13(2)10-15(9-12)18(21)19-11-17(20)14-4-6-16(22-3)7-5-14/h4-10,17,20H,11H2,1-3H3,(H,19,21). The molecule has 0 aliphatic carbocycles. The van der Waals surface area contributed by atoms with Gasteiger partial charge in [-0.05, 0) is 43.7 Å². The Morgan fingerprint density at radius 1 is 1.14 bits per heavy atom. The fourth-order valence-electron chi connectivity index (χ4n) is 2.34. The van der Waals surface area contributed by atoms with Gasteiger partial charge in [-0.15, -0.1) is 0 Å². The third-order valence-electron chi connectivity index (χ3n) is 3.44. The van der Waals surface area contributed by atoms with Crippen molar-refractivity contribution in [2.45, 2.75) is 20.0 Å². The van der Waals surface area contributed by atoms with Gasteiger partial charge in [0.15, 0.2) is 0 Å². The molecule has 1 atom stereocenters. The SMILES string of the molecule is COc1ccc(C(O)CNC(=O)c2cc(C)cc(C)c2)cc1. The highest BCUT2D eigenvalue weighted by atomic mass is 16.5. The van der Waals surface area contributed by atoms with Gasteiger partial charge < -0.3 is 15.2 Å². The van der Waals surface area contributed by atoms with E-state index in [4.69, 9.17) is 4.74 Å². The Hall–Kier alpha value is -2.33. The minimum absolute atomic E-state index is 0.165. The lowest BCUT2D eigenvalue weighted by molar-refractivity contribution is 0.0916. The zero-order valence-corrected chi connectivity index (χ0v) is 13.1. The lowest BCUT2D eigenvalue weighted by Crippen LogP contribution is -2.28. The molecule has 0 saturated heterocycles. The summed E-state index contributed by atoms with van der Waals surface area (Å²) in [7, 11) is 1.59. The van der Waals surface area contributed by atoms with Crippen LogP contribution in [0.4, 0.5) is 0 Å².